The minimum absolute atomic E-state index is 0.00693. The molecular weight excluding hydrogens is 498 g/mol. The highest BCUT2D eigenvalue weighted by Crippen LogP contribution is 2.59. The van der Waals surface area contributed by atoms with Gasteiger partial charge in [-0.25, -0.2) is 0 Å². The first-order chi connectivity index (χ1) is 19.7. The summed E-state index contributed by atoms with van der Waals surface area (Å²) in [6, 6.07) is 32.7. The molecule has 0 N–H and O–H groups in total. The fourth-order valence-electron chi connectivity index (χ4n) is 7.22. The predicted molar refractivity (Wildman–Crippen MR) is 170 cm³/mol. The number of aryl methyl sites for hydroxylation is 1. The Morgan fingerprint density at radius 3 is 2.17 bits per heavy atom. The number of allylic oxidation sites excluding steroid dienone is 3. The number of hydrogen-bond donors (Lipinski definition) is 0. The predicted octanol–water partition coefficient (Wildman–Crippen LogP) is 10.0. The Balaban J connectivity index is 1.47. The van der Waals surface area contributed by atoms with Crippen LogP contribution < -0.4 is 9.80 Å². The van der Waals surface area contributed by atoms with Gasteiger partial charge in [-0.05, 0) is 108 Å². The molecule has 2 aliphatic heterocycles. The van der Waals surface area contributed by atoms with Gasteiger partial charge >= 0.3 is 0 Å². The normalized spacial score (nSPS) is 17.3. The molecule has 0 bridgehead atoms. The molecule has 4 aromatic rings. The van der Waals surface area contributed by atoms with Crippen molar-refractivity contribution in [3.8, 4) is 6.07 Å². The third-order valence-corrected chi connectivity index (χ3v) is 9.41. The van der Waals surface area contributed by atoms with Crippen molar-refractivity contribution < 1.29 is 0 Å². The van der Waals surface area contributed by atoms with Gasteiger partial charge in [0.15, 0.2) is 0 Å². The van der Waals surface area contributed by atoms with Crippen LogP contribution >= 0.6 is 0 Å². The third kappa shape index (κ3) is 3.71. The van der Waals surface area contributed by atoms with Crippen LogP contribution in [0, 0.1) is 18.3 Å². The molecule has 0 unspecified atom stereocenters. The number of nitrogens with zero attached hydrogens (tertiary/aromatic N) is 3. The molecule has 7 rings (SSSR count). The molecule has 0 aromatic heterocycles. The lowest BCUT2D eigenvalue weighted by molar-refractivity contribution is 0.555. The number of nitriles is 1. The molecule has 0 amide bonds. The van der Waals surface area contributed by atoms with E-state index in [4.69, 9.17) is 0 Å². The van der Waals surface area contributed by atoms with Gasteiger partial charge in [0, 0.05) is 33.6 Å². The fraction of sp³-hybridized carbons (Fsp3) is 0.237. The maximum atomic E-state index is 9.42. The maximum Gasteiger partial charge on any atom is 0.0991 e. The Labute approximate surface area is 243 Å². The van der Waals surface area contributed by atoms with E-state index in [1.54, 1.807) is 0 Å². The molecule has 3 aliphatic rings. The van der Waals surface area contributed by atoms with Crippen LogP contribution in [-0.4, -0.2) is 0 Å². The SMILES string of the molecule is Cc1cccc(N(c2ccc(C#N)cc2)c2ccc3c(c2)C(C)(C)c2cccc4c2N3C2=C(CCC=C2)C4(C)C)c1. The van der Waals surface area contributed by atoms with Crippen molar-refractivity contribution in [3.05, 3.63) is 136 Å². The maximum absolute atomic E-state index is 9.42. The van der Waals surface area contributed by atoms with Crippen LogP contribution in [0.5, 0.6) is 0 Å². The van der Waals surface area contributed by atoms with Gasteiger partial charge in [-0.3, -0.25) is 0 Å². The molecule has 0 saturated carbocycles. The summed E-state index contributed by atoms with van der Waals surface area (Å²) in [4.78, 5) is 4.85. The van der Waals surface area contributed by atoms with Gasteiger partial charge in [-0.15, -0.1) is 0 Å². The average Bonchev–Trinajstić information content (AvgIpc) is 2.98. The van der Waals surface area contributed by atoms with Crippen molar-refractivity contribution >= 4 is 28.4 Å². The van der Waals surface area contributed by atoms with E-state index in [0.717, 1.165) is 29.9 Å². The van der Waals surface area contributed by atoms with E-state index in [1.807, 2.05) is 24.3 Å². The highest BCUT2D eigenvalue weighted by atomic mass is 15.2. The molecule has 0 atom stereocenters. The minimum atomic E-state index is -0.192. The highest BCUT2D eigenvalue weighted by Gasteiger charge is 2.46. The standard InChI is InChI=1S/C38H35N3/c1-25-10-8-11-28(22-25)40(27-18-16-26(24-39)17-19-27)29-20-21-35-33(23-29)38(4,5)32-14-9-13-31-36(32)41(35)34-15-7-6-12-30(34)37(31,2)3/h7-11,13-23H,6,12H2,1-5H3. The quantitative estimate of drug-likeness (QED) is 0.262. The molecule has 2 heterocycles. The van der Waals surface area contributed by atoms with Crippen LogP contribution in [-0.2, 0) is 10.8 Å². The first-order valence-corrected chi connectivity index (χ1v) is 14.6. The second-order valence-corrected chi connectivity index (χ2v) is 12.6. The topological polar surface area (TPSA) is 30.3 Å². The number of anilines is 5. The van der Waals surface area contributed by atoms with E-state index in [9.17, 15) is 5.26 Å². The zero-order chi connectivity index (χ0) is 28.5. The van der Waals surface area contributed by atoms with Gasteiger partial charge < -0.3 is 9.80 Å². The van der Waals surface area contributed by atoms with Crippen molar-refractivity contribution in [3.63, 3.8) is 0 Å². The monoisotopic (exact) mass is 533 g/mol. The summed E-state index contributed by atoms with van der Waals surface area (Å²) in [7, 11) is 0. The first kappa shape index (κ1) is 25.4. The molecule has 0 spiro atoms. The van der Waals surface area contributed by atoms with Crippen molar-refractivity contribution in [2.24, 2.45) is 0 Å². The Morgan fingerprint density at radius 2 is 1.44 bits per heavy atom. The Bertz CT molecular complexity index is 1810. The number of hydrogen-bond acceptors (Lipinski definition) is 3. The van der Waals surface area contributed by atoms with E-state index >= 15 is 0 Å². The van der Waals surface area contributed by atoms with Crippen LogP contribution in [0.3, 0.4) is 0 Å². The number of fused-ring (bicyclic) bond motifs is 3. The molecule has 0 radical (unpaired) electrons. The molecule has 41 heavy (non-hydrogen) atoms. The smallest absolute Gasteiger partial charge is 0.0991 e. The largest absolute Gasteiger partial charge is 0.310 e. The Morgan fingerprint density at radius 1 is 0.756 bits per heavy atom. The van der Waals surface area contributed by atoms with E-state index in [2.05, 4.69) is 123 Å². The second-order valence-electron chi connectivity index (χ2n) is 12.6. The molecule has 1 aliphatic carbocycles. The fourth-order valence-corrected chi connectivity index (χ4v) is 7.22. The Hall–Kier alpha value is -4.55. The number of para-hydroxylation sites is 1. The molecule has 4 aromatic carbocycles. The van der Waals surface area contributed by atoms with Gasteiger partial charge in [-0.2, -0.15) is 5.26 Å². The lowest BCUT2D eigenvalue weighted by Crippen LogP contribution is -2.40. The summed E-state index contributed by atoms with van der Waals surface area (Å²) < 4.78 is 0. The summed E-state index contributed by atoms with van der Waals surface area (Å²) in [5.41, 5.74) is 14.5. The first-order valence-electron chi connectivity index (χ1n) is 14.6. The number of rotatable bonds is 3. The molecule has 3 nitrogen and oxygen atoms in total. The van der Waals surface area contributed by atoms with Gasteiger partial charge in [-0.1, -0.05) is 64.1 Å². The van der Waals surface area contributed by atoms with Gasteiger partial charge in [0.05, 0.1) is 23.0 Å². The zero-order valence-electron chi connectivity index (χ0n) is 24.5. The Kier molecular flexibility index (Phi) is 5.57. The lowest BCUT2D eigenvalue weighted by Gasteiger charge is -2.50. The highest BCUT2D eigenvalue weighted by molar-refractivity contribution is 5.89. The van der Waals surface area contributed by atoms with Gasteiger partial charge in [0.2, 0.25) is 0 Å². The number of benzene rings is 4. The summed E-state index contributed by atoms with van der Waals surface area (Å²) >= 11 is 0. The van der Waals surface area contributed by atoms with Crippen LogP contribution in [0.25, 0.3) is 0 Å². The van der Waals surface area contributed by atoms with Crippen LogP contribution in [0.4, 0.5) is 28.4 Å². The van der Waals surface area contributed by atoms with Crippen LogP contribution in [0.15, 0.2) is 108 Å². The third-order valence-electron chi connectivity index (χ3n) is 9.41. The van der Waals surface area contributed by atoms with Crippen LogP contribution in [0.2, 0.25) is 0 Å². The van der Waals surface area contributed by atoms with Crippen molar-refractivity contribution in [1.82, 2.24) is 0 Å². The summed E-state index contributed by atoms with van der Waals surface area (Å²) in [6.07, 6.45) is 6.88. The van der Waals surface area contributed by atoms with Crippen molar-refractivity contribution in [1.29, 1.82) is 5.26 Å². The van der Waals surface area contributed by atoms with Crippen molar-refractivity contribution in [2.45, 2.75) is 58.3 Å². The van der Waals surface area contributed by atoms with Crippen molar-refractivity contribution in [2.75, 3.05) is 9.80 Å². The zero-order valence-corrected chi connectivity index (χ0v) is 24.5. The molecule has 3 heteroatoms. The van der Waals surface area contributed by atoms with Crippen LogP contribution in [0.1, 0.15) is 68.4 Å². The summed E-state index contributed by atoms with van der Waals surface area (Å²) in [6.45, 7) is 11.7. The minimum Gasteiger partial charge on any atom is -0.310 e. The molecule has 0 saturated heterocycles. The summed E-state index contributed by atoms with van der Waals surface area (Å²) in [5, 5.41) is 9.42. The lowest BCUT2D eigenvalue weighted by atomic mass is 9.65. The van der Waals surface area contributed by atoms with E-state index in [1.165, 1.54) is 44.9 Å². The average molecular weight is 534 g/mol. The molecule has 202 valence electrons. The van der Waals surface area contributed by atoms with Gasteiger partial charge in [0.25, 0.3) is 0 Å². The van der Waals surface area contributed by atoms with E-state index < -0.39 is 0 Å². The molecular formula is C38H35N3. The van der Waals surface area contributed by atoms with Gasteiger partial charge in [0.1, 0.15) is 0 Å². The molecule has 0 fully saturated rings. The summed E-state index contributed by atoms with van der Waals surface area (Å²) in [5.74, 6) is 0. The van der Waals surface area contributed by atoms with E-state index in [-0.39, 0.29) is 10.8 Å². The second kappa shape index (κ2) is 8.98. The van der Waals surface area contributed by atoms with E-state index in [0.29, 0.717) is 5.56 Å².